The molecule has 3 rings (SSSR count). The highest BCUT2D eigenvalue weighted by molar-refractivity contribution is 14.1. The Morgan fingerprint density at radius 1 is 1.33 bits per heavy atom. The Hall–Kier alpha value is -1.94. The average molecular weight is 440 g/mol. The molecule has 1 amide bonds. The summed E-state index contributed by atoms with van der Waals surface area (Å²) < 4.78 is 7.71. The number of anilines is 2. The van der Waals surface area contributed by atoms with E-state index in [0.717, 1.165) is 3.57 Å². The largest absolute Gasteiger partial charge is 0.378 e. The molecule has 7 nitrogen and oxygen atoms in total. The molecule has 1 aliphatic heterocycles. The van der Waals surface area contributed by atoms with Crippen LogP contribution in [-0.4, -0.2) is 46.7 Å². The summed E-state index contributed by atoms with van der Waals surface area (Å²) in [5, 5.41) is 3.01. The molecule has 1 fully saturated rings. The fourth-order valence-corrected chi connectivity index (χ4v) is 3.17. The van der Waals surface area contributed by atoms with Gasteiger partial charge in [0.05, 0.1) is 18.8 Å². The van der Waals surface area contributed by atoms with Crippen LogP contribution < -0.4 is 10.9 Å². The van der Waals surface area contributed by atoms with E-state index in [4.69, 9.17) is 4.74 Å². The molecule has 0 spiro atoms. The maximum absolute atomic E-state index is 12.4. The third-order valence-electron chi connectivity index (χ3n) is 3.72. The van der Waals surface area contributed by atoms with E-state index >= 15 is 0 Å². The van der Waals surface area contributed by atoms with Crippen LogP contribution in [0.4, 0.5) is 11.5 Å². The predicted octanol–water partition coefficient (Wildman–Crippen LogP) is 1.60. The molecule has 2 aromatic heterocycles. The van der Waals surface area contributed by atoms with Gasteiger partial charge in [0.25, 0.3) is 11.5 Å². The lowest BCUT2D eigenvalue weighted by Gasteiger charge is -2.26. The van der Waals surface area contributed by atoms with Crippen molar-refractivity contribution in [1.82, 2.24) is 14.5 Å². The van der Waals surface area contributed by atoms with Crippen molar-refractivity contribution in [2.24, 2.45) is 7.05 Å². The van der Waals surface area contributed by atoms with Crippen LogP contribution in [-0.2, 0) is 11.8 Å². The van der Waals surface area contributed by atoms with Gasteiger partial charge in [0, 0.05) is 36.1 Å². The number of halogens is 1. The van der Waals surface area contributed by atoms with Crippen molar-refractivity contribution in [3.63, 3.8) is 0 Å². The Bertz CT molecular complexity index is 798. The van der Waals surface area contributed by atoms with Crippen molar-refractivity contribution >= 4 is 40.0 Å². The minimum atomic E-state index is -0.134. The van der Waals surface area contributed by atoms with Crippen LogP contribution in [0, 0.1) is 3.57 Å². The zero-order chi connectivity index (χ0) is 17.1. The van der Waals surface area contributed by atoms with Crippen LogP contribution in [0.25, 0.3) is 0 Å². The fourth-order valence-electron chi connectivity index (χ4n) is 2.44. The first-order valence-corrected chi connectivity index (χ1v) is 8.59. The van der Waals surface area contributed by atoms with Crippen molar-refractivity contribution in [2.45, 2.75) is 0 Å². The van der Waals surface area contributed by atoms with E-state index in [2.05, 4.69) is 32.9 Å². The second-order valence-corrected chi connectivity index (χ2v) is 6.70. The van der Waals surface area contributed by atoms with Crippen LogP contribution in [0.2, 0.25) is 0 Å². The van der Waals surface area contributed by atoms with Gasteiger partial charge in [-0.05, 0) is 40.8 Å². The van der Waals surface area contributed by atoms with Gasteiger partial charge in [-0.25, -0.2) is 4.98 Å². The number of rotatable bonds is 3. The van der Waals surface area contributed by atoms with Gasteiger partial charge in [-0.1, -0.05) is 0 Å². The molecule has 0 radical (unpaired) electrons. The van der Waals surface area contributed by atoms with Crippen molar-refractivity contribution in [1.29, 1.82) is 0 Å². The number of nitrogens with one attached hydrogen (secondary N) is 1. The lowest BCUT2D eigenvalue weighted by molar-refractivity contribution is 0.0302. The average Bonchev–Trinajstić information content (AvgIpc) is 2.60. The highest BCUT2D eigenvalue weighted by atomic mass is 127. The van der Waals surface area contributed by atoms with Crippen LogP contribution >= 0.6 is 22.6 Å². The summed E-state index contributed by atoms with van der Waals surface area (Å²) in [5.74, 6) is 0.468. The van der Waals surface area contributed by atoms with Gasteiger partial charge in [-0.15, -0.1) is 0 Å². The van der Waals surface area contributed by atoms with Crippen LogP contribution in [0.5, 0.6) is 0 Å². The van der Waals surface area contributed by atoms with Gasteiger partial charge in [0.15, 0.2) is 0 Å². The summed E-state index contributed by atoms with van der Waals surface area (Å²) >= 11 is 2.15. The first-order valence-electron chi connectivity index (χ1n) is 7.51. The highest BCUT2D eigenvalue weighted by Crippen LogP contribution is 2.15. The zero-order valence-corrected chi connectivity index (χ0v) is 15.3. The third-order valence-corrected chi connectivity index (χ3v) is 4.31. The Morgan fingerprint density at radius 2 is 2.08 bits per heavy atom. The second kappa shape index (κ2) is 7.31. The topological polar surface area (TPSA) is 76.5 Å². The Morgan fingerprint density at radius 3 is 2.75 bits per heavy atom. The molecule has 0 aliphatic carbocycles. The van der Waals surface area contributed by atoms with Gasteiger partial charge in [-0.3, -0.25) is 9.59 Å². The normalized spacial score (nSPS) is 14.5. The minimum Gasteiger partial charge on any atom is -0.378 e. The molecular formula is C16H17IN4O3. The summed E-state index contributed by atoms with van der Waals surface area (Å²) in [6, 6.07) is 5.18. The number of aryl methyl sites for hydroxylation is 1. The van der Waals surface area contributed by atoms with Gasteiger partial charge in [-0.2, -0.15) is 0 Å². The summed E-state index contributed by atoms with van der Waals surface area (Å²) in [7, 11) is 1.70. The molecule has 3 heterocycles. The maximum Gasteiger partial charge on any atom is 0.274 e. The summed E-state index contributed by atoms with van der Waals surface area (Å²) in [4.78, 5) is 30.5. The summed E-state index contributed by atoms with van der Waals surface area (Å²) in [5.41, 5.74) is 0.841. The summed E-state index contributed by atoms with van der Waals surface area (Å²) in [6.45, 7) is 2.32. The first-order chi connectivity index (χ1) is 11.5. The van der Waals surface area contributed by atoms with E-state index in [1.165, 1.54) is 10.8 Å². The number of carbonyl (C=O) groups is 1. The number of morpholine rings is 1. The molecule has 1 N–H and O–H groups in total. The molecule has 2 aromatic rings. The van der Waals surface area contributed by atoms with E-state index < -0.39 is 0 Å². The highest BCUT2D eigenvalue weighted by Gasteiger charge is 2.18. The van der Waals surface area contributed by atoms with Gasteiger partial charge in [0.2, 0.25) is 0 Å². The number of hydrogen-bond donors (Lipinski definition) is 1. The van der Waals surface area contributed by atoms with Gasteiger partial charge < -0.3 is 19.5 Å². The number of ether oxygens (including phenoxy) is 1. The quantitative estimate of drug-likeness (QED) is 0.735. The Balaban J connectivity index is 1.75. The zero-order valence-electron chi connectivity index (χ0n) is 13.2. The fraction of sp³-hybridized carbons (Fsp3) is 0.312. The van der Waals surface area contributed by atoms with E-state index in [9.17, 15) is 9.59 Å². The van der Waals surface area contributed by atoms with Crippen molar-refractivity contribution in [2.75, 3.05) is 31.6 Å². The molecule has 0 atom stereocenters. The molecule has 24 heavy (non-hydrogen) atoms. The van der Waals surface area contributed by atoms with Crippen molar-refractivity contribution in [3.8, 4) is 0 Å². The molecular weight excluding hydrogens is 423 g/mol. The SMILES string of the molecule is Cn1cc(I)cc(Nc2ccc(C(=O)N3CCOCC3)cn2)c1=O. The second-order valence-electron chi connectivity index (χ2n) is 5.45. The first kappa shape index (κ1) is 16.9. The van der Waals surface area contributed by atoms with Gasteiger partial charge in [0.1, 0.15) is 11.5 Å². The standard InChI is InChI=1S/C16H17IN4O3/c1-20-10-12(17)8-13(16(20)23)19-14-3-2-11(9-18-14)15(22)21-4-6-24-7-5-21/h2-3,8-10H,4-7H2,1H3,(H,18,19). The Kier molecular flexibility index (Phi) is 5.14. The van der Waals surface area contributed by atoms with E-state index in [1.807, 2.05) is 0 Å². The van der Waals surface area contributed by atoms with Crippen LogP contribution in [0.3, 0.4) is 0 Å². The monoisotopic (exact) mass is 440 g/mol. The van der Waals surface area contributed by atoms with Gasteiger partial charge >= 0.3 is 0 Å². The van der Waals surface area contributed by atoms with Crippen molar-refractivity contribution < 1.29 is 9.53 Å². The Labute approximate surface area is 152 Å². The number of nitrogens with zero attached hydrogens (tertiary/aromatic N) is 3. The third kappa shape index (κ3) is 3.75. The summed E-state index contributed by atoms with van der Waals surface area (Å²) in [6.07, 6.45) is 3.28. The number of carbonyl (C=O) groups excluding carboxylic acids is 1. The number of amides is 1. The van der Waals surface area contributed by atoms with E-state index in [-0.39, 0.29) is 11.5 Å². The molecule has 0 aromatic carbocycles. The lowest BCUT2D eigenvalue weighted by Crippen LogP contribution is -2.40. The van der Waals surface area contributed by atoms with Crippen LogP contribution in [0.1, 0.15) is 10.4 Å². The smallest absolute Gasteiger partial charge is 0.274 e. The molecule has 1 aliphatic rings. The minimum absolute atomic E-state index is 0.0532. The molecule has 126 valence electrons. The molecule has 0 saturated carbocycles. The maximum atomic E-state index is 12.4. The molecule has 8 heteroatoms. The number of aromatic nitrogens is 2. The predicted molar refractivity (Wildman–Crippen MR) is 98.6 cm³/mol. The number of hydrogen-bond acceptors (Lipinski definition) is 5. The molecule has 1 saturated heterocycles. The lowest BCUT2D eigenvalue weighted by atomic mass is 10.2. The van der Waals surface area contributed by atoms with E-state index in [1.54, 1.807) is 36.3 Å². The van der Waals surface area contributed by atoms with Crippen LogP contribution in [0.15, 0.2) is 35.4 Å². The molecule has 0 bridgehead atoms. The molecule has 0 unspecified atom stereocenters. The van der Waals surface area contributed by atoms with Crippen molar-refractivity contribution in [3.05, 3.63) is 50.1 Å². The van der Waals surface area contributed by atoms with E-state index in [0.29, 0.717) is 43.4 Å². The number of pyridine rings is 2.